The molecule has 6 nitrogen and oxygen atoms in total. The molecule has 18 heavy (non-hydrogen) atoms. The first kappa shape index (κ1) is 14.6. The number of nitrogens with two attached hydrogens (primary N) is 1. The fraction of sp³-hybridized carbons (Fsp3) is 0.750. The predicted molar refractivity (Wildman–Crippen MR) is 66.4 cm³/mol. The van der Waals surface area contributed by atoms with Gasteiger partial charge in [0.25, 0.3) is 5.91 Å². The summed E-state index contributed by atoms with van der Waals surface area (Å²) in [5, 5.41) is 2.55. The van der Waals surface area contributed by atoms with Crippen LogP contribution >= 0.6 is 0 Å². The number of carbonyl (C=O) groups excluding carboxylic acids is 3. The standard InChI is InChI=1S/C12H21N3O3/c1-4-5-8(13)11(17)14-9-6-10(16)15(7(2)3)12(9)18/h7-9H,4-6,13H2,1-3H3,(H,14,17). The lowest BCUT2D eigenvalue weighted by Crippen LogP contribution is -2.49. The summed E-state index contributed by atoms with van der Waals surface area (Å²) < 4.78 is 0. The topological polar surface area (TPSA) is 92.5 Å². The number of likely N-dealkylation sites (tertiary alicyclic amines) is 1. The molecule has 0 saturated carbocycles. The number of amides is 3. The van der Waals surface area contributed by atoms with E-state index in [1.807, 2.05) is 6.92 Å². The minimum absolute atomic E-state index is 0.0294. The Balaban J connectivity index is 2.62. The van der Waals surface area contributed by atoms with Crippen molar-refractivity contribution in [2.24, 2.45) is 5.73 Å². The van der Waals surface area contributed by atoms with Crippen molar-refractivity contribution in [3.63, 3.8) is 0 Å². The first-order valence-corrected chi connectivity index (χ1v) is 6.30. The van der Waals surface area contributed by atoms with Crippen LogP contribution in [0, 0.1) is 0 Å². The van der Waals surface area contributed by atoms with Gasteiger partial charge < -0.3 is 11.1 Å². The quantitative estimate of drug-likeness (QED) is 0.663. The molecule has 1 saturated heterocycles. The number of rotatable bonds is 5. The first-order chi connectivity index (χ1) is 8.38. The molecule has 2 atom stereocenters. The van der Waals surface area contributed by atoms with Crippen LogP contribution in [0.2, 0.25) is 0 Å². The number of imide groups is 1. The molecule has 2 unspecified atom stereocenters. The zero-order chi connectivity index (χ0) is 13.9. The normalized spacial score (nSPS) is 21.6. The SMILES string of the molecule is CCCC(N)C(=O)NC1CC(=O)N(C(C)C)C1=O. The first-order valence-electron chi connectivity index (χ1n) is 6.30. The molecule has 1 aliphatic rings. The van der Waals surface area contributed by atoms with E-state index in [-0.39, 0.29) is 30.2 Å². The van der Waals surface area contributed by atoms with Crippen LogP contribution in [0.25, 0.3) is 0 Å². The van der Waals surface area contributed by atoms with Crippen molar-refractivity contribution in [2.45, 2.75) is 58.2 Å². The molecule has 0 bridgehead atoms. The zero-order valence-corrected chi connectivity index (χ0v) is 11.1. The number of nitrogens with zero attached hydrogens (tertiary/aromatic N) is 1. The molecule has 0 radical (unpaired) electrons. The second-order valence-corrected chi connectivity index (χ2v) is 4.86. The van der Waals surface area contributed by atoms with Crippen LogP contribution in [0.15, 0.2) is 0 Å². The highest BCUT2D eigenvalue weighted by Gasteiger charge is 2.40. The number of carbonyl (C=O) groups is 3. The Morgan fingerprint density at radius 1 is 1.50 bits per heavy atom. The molecule has 3 amide bonds. The van der Waals surface area contributed by atoms with Gasteiger partial charge in [0.05, 0.1) is 12.5 Å². The van der Waals surface area contributed by atoms with E-state index in [2.05, 4.69) is 5.32 Å². The molecule has 6 heteroatoms. The minimum atomic E-state index is -0.754. The van der Waals surface area contributed by atoms with Crippen LogP contribution in [0.5, 0.6) is 0 Å². The third kappa shape index (κ3) is 3.07. The minimum Gasteiger partial charge on any atom is -0.342 e. The average molecular weight is 255 g/mol. The van der Waals surface area contributed by atoms with Crippen LogP contribution in [0.1, 0.15) is 40.0 Å². The maximum absolute atomic E-state index is 11.9. The molecule has 1 rings (SSSR count). The molecular weight excluding hydrogens is 234 g/mol. The molecule has 0 spiro atoms. The lowest BCUT2D eigenvalue weighted by atomic mass is 10.1. The summed E-state index contributed by atoms with van der Waals surface area (Å²) in [6.07, 6.45) is 1.39. The Morgan fingerprint density at radius 2 is 2.11 bits per heavy atom. The lowest BCUT2D eigenvalue weighted by molar-refractivity contribution is -0.141. The maximum atomic E-state index is 11.9. The molecule has 0 aromatic rings. The summed E-state index contributed by atoms with van der Waals surface area (Å²) in [6, 6.07) is -1.56. The fourth-order valence-electron chi connectivity index (χ4n) is 2.03. The summed E-state index contributed by atoms with van der Waals surface area (Å²) in [5.41, 5.74) is 5.66. The Kier molecular flexibility index (Phi) is 4.84. The number of hydrogen-bond donors (Lipinski definition) is 2. The van der Waals surface area contributed by atoms with Crippen molar-refractivity contribution < 1.29 is 14.4 Å². The van der Waals surface area contributed by atoms with E-state index in [9.17, 15) is 14.4 Å². The van der Waals surface area contributed by atoms with Crippen molar-refractivity contribution in [3.05, 3.63) is 0 Å². The summed E-state index contributed by atoms with van der Waals surface area (Å²) in [7, 11) is 0. The molecule has 0 aromatic heterocycles. The van der Waals surface area contributed by atoms with Gasteiger partial charge in [-0.3, -0.25) is 19.3 Å². The average Bonchev–Trinajstić information content (AvgIpc) is 2.54. The van der Waals surface area contributed by atoms with Crippen LogP contribution in [-0.4, -0.2) is 40.7 Å². The van der Waals surface area contributed by atoms with Gasteiger partial charge in [-0.15, -0.1) is 0 Å². The molecule has 0 aromatic carbocycles. The second-order valence-electron chi connectivity index (χ2n) is 4.86. The molecule has 1 fully saturated rings. The Labute approximate surface area is 107 Å². The monoisotopic (exact) mass is 255 g/mol. The lowest BCUT2D eigenvalue weighted by Gasteiger charge is -2.19. The number of hydrogen-bond acceptors (Lipinski definition) is 4. The predicted octanol–water partition coefficient (Wildman–Crippen LogP) is -0.234. The largest absolute Gasteiger partial charge is 0.342 e. The number of nitrogens with one attached hydrogen (secondary N) is 1. The summed E-state index contributed by atoms with van der Waals surface area (Å²) in [6.45, 7) is 5.46. The van der Waals surface area contributed by atoms with Crippen LogP contribution < -0.4 is 11.1 Å². The van der Waals surface area contributed by atoms with Gasteiger partial charge in [0, 0.05) is 6.04 Å². The molecule has 102 valence electrons. The fourth-order valence-corrected chi connectivity index (χ4v) is 2.03. The van der Waals surface area contributed by atoms with Crippen molar-refractivity contribution in [1.29, 1.82) is 0 Å². The Hall–Kier alpha value is -1.43. The van der Waals surface area contributed by atoms with Gasteiger partial charge in [-0.2, -0.15) is 0 Å². The van der Waals surface area contributed by atoms with Crippen molar-refractivity contribution in [2.75, 3.05) is 0 Å². The van der Waals surface area contributed by atoms with E-state index < -0.39 is 12.1 Å². The van der Waals surface area contributed by atoms with Crippen molar-refractivity contribution >= 4 is 17.7 Å². The van der Waals surface area contributed by atoms with E-state index in [0.29, 0.717) is 6.42 Å². The van der Waals surface area contributed by atoms with Crippen molar-refractivity contribution in [3.8, 4) is 0 Å². The van der Waals surface area contributed by atoms with Gasteiger partial charge in [0.1, 0.15) is 6.04 Å². The molecule has 1 heterocycles. The Bertz CT molecular complexity index is 354. The van der Waals surface area contributed by atoms with Crippen LogP contribution in [0.4, 0.5) is 0 Å². The van der Waals surface area contributed by atoms with Gasteiger partial charge in [-0.05, 0) is 20.3 Å². The smallest absolute Gasteiger partial charge is 0.252 e. The van der Waals surface area contributed by atoms with E-state index >= 15 is 0 Å². The molecular formula is C12H21N3O3. The highest BCUT2D eigenvalue weighted by Crippen LogP contribution is 2.16. The Morgan fingerprint density at radius 3 is 2.56 bits per heavy atom. The highest BCUT2D eigenvalue weighted by molar-refractivity contribution is 6.07. The summed E-state index contributed by atoms with van der Waals surface area (Å²) in [5.74, 6) is -0.954. The second kappa shape index (κ2) is 5.95. The van der Waals surface area contributed by atoms with Gasteiger partial charge in [0.15, 0.2) is 0 Å². The van der Waals surface area contributed by atoms with Crippen LogP contribution in [-0.2, 0) is 14.4 Å². The van der Waals surface area contributed by atoms with Gasteiger partial charge in [-0.1, -0.05) is 13.3 Å². The maximum Gasteiger partial charge on any atom is 0.252 e. The van der Waals surface area contributed by atoms with E-state index in [1.165, 1.54) is 4.90 Å². The molecule has 0 aliphatic carbocycles. The third-order valence-electron chi connectivity index (χ3n) is 2.95. The summed E-state index contributed by atoms with van der Waals surface area (Å²) >= 11 is 0. The van der Waals surface area contributed by atoms with Crippen molar-refractivity contribution in [1.82, 2.24) is 10.2 Å². The zero-order valence-electron chi connectivity index (χ0n) is 11.1. The van der Waals surface area contributed by atoms with Crippen LogP contribution in [0.3, 0.4) is 0 Å². The molecule has 3 N–H and O–H groups in total. The van der Waals surface area contributed by atoms with Gasteiger partial charge >= 0.3 is 0 Å². The van der Waals surface area contributed by atoms with E-state index in [4.69, 9.17) is 5.73 Å². The van der Waals surface area contributed by atoms with E-state index in [1.54, 1.807) is 13.8 Å². The van der Waals surface area contributed by atoms with E-state index in [0.717, 1.165) is 6.42 Å². The summed E-state index contributed by atoms with van der Waals surface area (Å²) in [4.78, 5) is 36.4. The van der Waals surface area contributed by atoms with Gasteiger partial charge in [0.2, 0.25) is 11.8 Å². The molecule has 1 aliphatic heterocycles. The van der Waals surface area contributed by atoms with Gasteiger partial charge in [-0.25, -0.2) is 0 Å². The highest BCUT2D eigenvalue weighted by atomic mass is 16.2. The third-order valence-corrected chi connectivity index (χ3v) is 2.95.